The summed E-state index contributed by atoms with van der Waals surface area (Å²) in [6, 6.07) is 2.16. The highest BCUT2D eigenvalue weighted by atomic mass is 16.6. The van der Waals surface area contributed by atoms with Crippen molar-refractivity contribution >= 4 is 0 Å². The van der Waals surface area contributed by atoms with Crippen LogP contribution in [0.4, 0.5) is 0 Å². The van der Waals surface area contributed by atoms with Gasteiger partial charge in [0.2, 0.25) is 0 Å². The molecule has 0 saturated carbocycles. The quantitative estimate of drug-likeness (QED) is 0.510. The van der Waals surface area contributed by atoms with E-state index in [0.717, 1.165) is 12.8 Å². The van der Waals surface area contributed by atoms with Gasteiger partial charge < -0.3 is 9.47 Å². The molecule has 66 valence electrons. The zero-order valence-electron chi connectivity index (χ0n) is 7.46. The third-order valence-electron chi connectivity index (χ3n) is 2.63. The molecule has 2 atom stereocenters. The molecule has 0 N–H and O–H groups in total. The van der Waals surface area contributed by atoms with Gasteiger partial charge in [-0.25, -0.2) is 0 Å². The summed E-state index contributed by atoms with van der Waals surface area (Å²) in [5.74, 6) is 0. The topological polar surface area (TPSA) is 45.5 Å². The van der Waals surface area contributed by atoms with Gasteiger partial charge in [-0.1, -0.05) is 0 Å². The van der Waals surface area contributed by atoms with Gasteiger partial charge in [0.05, 0.1) is 18.3 Å². The summed E-state index contributed by atoms with van der Waals surface area (Å²) in [5, 5.41) is 8.68. The maximum absolute atomic E-state index is 8.68. The van der Waals surface area contributed by atoms with Crippen molar-refractivity contribution in [2.45, 2.75) is 44.0 Å². The predicted molar refractivity (Wildman–Crippen MR) is 42.5 cm³/mol. The Labute approximate surface area is 72.3 Å². The molecule has 0 bridgehead atoms. The van der Waals surface area contributed by atoms with E-state index in [9.17, 15) is 0 Å². The first-order valence-electron chi connectivity index (χ1n) is 4.29. The van der Waals surface area contributed by atoms with Crippen LogP contribution in [0.25, 0.3) is 0 Å². The molecule has 0 aromatic rings. The minimum Gasteiger partial charge on any atom is -0.375 e. The van der Waals surface area contributed by atoms with Gasteiger partial charge >= 0.3 is 0 Å². The number of hydrogen-bond donors (Lipinski definition) is 0. The smallest absolute Gasteiger partial charge is 0.173 e. The van der Waals surface area contributed by atoms with Gasteiger partial charge in [0.1, 0.15) is 5.60 Å². The minimum atomic E-state index is -0.180. The first kappa shape index (κ1) is 8.03. The fourth-order valence-electron chi connectivity index (χ4n) is 2.03. The lowest BCUT2D eigenvalue weighted by molar-refractivity contribution is -0.0795. The molecule has 2 aliphatic rings. The van der Waals surface area contributed by atoms with E-state index in [4.69, 9.17) is 14.7 Å². The molecule has 12 heavy (non-hydrogen) atoms. The van der Waals surface area contributed by atoms with E-state index in [-0.39, 0.29) is 17.3 Å². The summed E-state index contributed by atoms with van der Waals surface area (Å²) < 4.78 is 10.9. The van der Waals surface area contributed by atoms with E-state index < -0.39 is 0 Å². The maximum atomic E-state index is 8.68. The molecule has 0 aromatic heterocycles. The minimum absolute atomic E-state index is 0.121. The standard InChI is InChI=1S/C9H13NO2/c1-8(2)6-9(3-4-11-8)7(5-10)12-9/h7H,3-4,6H2,1-2H3. The van der Waals surface area contributed by atoms with Crippen molar-refractivity contribution in [1.82, 2.24) is 0 Å². The van der Waals surface area contributed by atoms with Crippen molar-refractivity contribution in [1.29, 1.82) is 5.26 Å². The van der Waals surface area contributed by atoms with Crippen LogP contribution in [0.2, 0.25) is 0 Å². The highest BCUT2D eigenvalue weighted by Gasteiger charge is 2.60. The molecule has 0 radical (unpaired) electrons. The Morgan fingerprint density at radius 3 is 2.75 bits per heavy atom. The van der Waals surface area contributed by atoms with Gasteiger partial charge in [-0.3, -0.25) is 0 Å². The monoisotopic (exact) mass is 167 g/mol. The predicted octanol–water partition coefficient (Wildman–Crippen LogP) is 1.24. The Morgan fingerprint density at radius 1 is 1.50 bits per heavy atom. The number of rotatable bonds is 0. The number of nitriles is 1. The average molecular weight is 167 g/mol. The van der Waals surface area contributed by atoms with Crippen LogP contribution in [0.3, 0.4) is 0 Å². The molecule has 3 heteroatoms. The number of nitrogens with zero attached hydrogens (tertiary/aromatic N) is 1. The summed E-state index contributed by atoms with van der Waals surface area (Å²) in [6.07, 6.45) is 1.54. The van der Waals surface area contributed by atoms with Crippen LogP contribution in [0.5, 0.6) is 0 Å². The second-order valence-corrected chi connectivity index (χ2v) is 4.23. The Kier molecular flexibility index (Phi) is 1.48. The molecular weight excluding hydrogens is 154 g/mol. The lowest BCUT2D eigenvalue weighted by Crippen LogP contribution is -2.39. The van der Waals surface area contributed by atoms with Crippen molar-refractivity contribution in [3.63, 3.8) is 0 Å². The van der Waals surface area contributed by atoms with E-state index in [1.54, 1.807) is 0 Å². The first-order valence-corrected chi connectivity index (χ1v) is 4.29. The van der Waals surface area contributed by atoms with Crippen LogP contribution >= 0.6 is 0 Å². The van der Waals surface area contributed by atoms with Crippen molar-refractivity contribution in [3.8, 4) is 6.07 Å². The van der Waals surface area contributed by atoms with Crippen molar-refractivity contribution in [2.24, 2.45) is 0 Å². The molecule has 2 unspecified atom stereocenters. The second kappa shape index (κ2) is 2.21. The number of epoxide rings is 1. The van der Waals surface area contributed by atoms with Crippen molar-refractivity contribution in [2.75, 3.05) is 6.61 Å². The summed E-state index contributed by atoms with van der Waals surface area (Å²) >= 11 is 0. The van der Waals surface area contributed by atoms with Crippen LogP contribution in [-0.2, 0) is 9.47 Å². The average Bonchev–Trinajstić information content (AvgIpc) is 2.60. The molecule has 0 aromatic carbocycles. The SMILES string of the molecule is CC1(C)CC2(CCO1)OC2C#N. The highest BCUT2D eigenvalue weighted by Crippen LogP contribution is 2.48. The molecule has 2 fully saturated rings. The molecule has 2 aliphatic heterocycles. The van der Waals surface area contributed by atoms with E-state index in [1.807, 2.05) is 13.8 Å². The van der Waals surface area contributed by atoms with E-state index in [1.165, 1.54) is 0 Å². The largest absolute Gasteiger partial charge is 0.375 e. The highest BCUT2D eigenvalue weighted by molar-refractivity contribution is 5.16. The van der Waals surface area contributed by atoms with Gasteiger partial charge in [0.25, 0.3) is 0 Å². The van der Waals surface area contributed by atoms with Crippen LogP contribution < -0.4 is 0 Å². The molecule has 0 aliphatic carbocycles. The zero-order valence-corrected chi connectivity index (χ0v) is 7.46. The third kappa shape index (κ3) is 1.12. The van der Waals surface area contributed by atoms with E-state index in [2.05, 4.69) is 6.07 Å². The maximum Gasteiger partial charge on any atom is 0.173 e. The molecule has 0 amide bonds. The van der Waals surface area contributed by atoms with Gasteiger partial charge in [-0.15, -0.1) is 0 Å². The number of ether oxygens (including phenoxy) is 2. The van der Waals surface area contributed by atoms with Gasteiger partial charge in [0, 0.05) is 12.8 Å². The molecule has 2 heterocycles. The van der Waals surface area contributed by atoms with Crippen molar-refractivity contribution in [3.05, 3.63) is 0 Å². The lowest BCUT2D eigenvalue weighted by atomic mass is 9.86. The summed E-state index contributed by atoms with van der Waals surface area (Å²) in [7, 11) is 0. The molecular formula is C9H13NO2. The number of hydrogen-bond acceptors (Lipinski definition) is 3. The summed E-state index contributed by atoms with van der Waals surface area (Å²) in [4.78, 5) is 0. The Hall–Kier alpha value is -0.590. The van der Waals surface area contributed by atoms with Crippen LogP contribution in [-0.4, -0.2) is 23.9 Å². The van der Waals surface area contributed by atoms with E-state index >= 15 is 0 Å². The molecule has 3 nitrogen and oxygen atoms in total. The van der Waals surface area contributed by atoms with Crippen molar-refractivity contribution < 1.29 is 9.47 Å². The fraction of sp³-hybridized carbons (Fsp3) is 0.889. The van der Waals surface area contributed by atoms with Crippen LogP contribution in [0, 0.1) is 11.3 Å². The lowest BCUT2D eigenvalue weighted by Gasteiger charge is -2.33. The summed E-state index contributed by atoms with van der Waals surface area (Å²) in [6.45, 7) is 4.80. The molecule has 1 spiro atoms. The summed E-state index contributed by atoms with van der Waals surface area (Å²) in [5.41, 5.74) is -0.277. The molecule has 2 saturated heterocycles. The third-order valence-corrected chi connectivity index (χ3v) is 2.63. The van der Waals surface area contributed by atoms with Crippen LogP contribution in [0.15, 0.2) is 0 Å². The molecule has 2 rings (SSSR count). The van der Waals surface area contributed by atoms with Crippen LogP contribution in [0.1, 0.15) is 26.7 Å². The van der Waals surface area contributed by atoms with Gasteiger partial charge in [-0.05, 0) is 13.8 Å². The van der Waals surface area contributed by atoms with Gasteiger partial charge in [-0.2, -0.15) is 5.26 Å². The normalized spacial score (nSPS) is 43.9. The zero-order chi connectivity index (χ0) is 8.82. The Bertz CT molecular complexity index is 243. The van der Waals surface area contributed by atoms with Gasteiger partial charge in [0.15, 0.2) is 6.10 Å². The Balaban J connectivity index is 2.07. The second-order valence-electron chi connectivity index (χ2n) is 4.23. The Morgan fingerprint density at radius 2 is 2.25 bits per heavy atom. The fourth-order valence-corrected chi connectivity index (χ4v) is 2.03. The van der Waals surface area contributed by atoms with E-state index in [0.29, 0.717) is 6.61 Å². The first-order chi connectivity index (χ1) is 5.58.